The zero-order valence-electron chi connectivity index (χ0n) is 29.1. The number of aromatic hydroxyl groups is 1. The molecule has 2 aromatic heterocycles. The number of allylic oxidation sites excluding steroid dienone is 2. The number of hydrogen-bond acceptors (Lipinski definition) is 10. The SMILES string of the molecule is Cc1ccccc1/C(C1=CCN(C(=O)C2CN(C(=O)OC(C)(C)C)C2)CC1)=C(\OC=O)C(C)n1nc(-c2cc(O)cc(F)c2)c2c(N)ncnc21. The van der Waals surface area contributed by atoms with Crippen LogP contribution in [0.3, 0.4) is 0 Å². The van der Waals surface area contributed by atoms with Crippen LogP contribution in [-0.4, -0.2) is 84.9 Å². The molecule has 4 heterocycles. The maximum absolute atomic E-state index is 14.4. The van der Waals surface area contributed by atoms with E-state index < -0.39 is 23.6 Å². The minimum atomic E-state index is -0.758. The maximum atomic E-state index is 14.4. The fraction of sp³-hybridized carbons (Fsp3) is 0.351. The van der Waals surface area contributed by atoms with Crippen molar-refractivity contribution in [3.8, 4) is 17.0 Å². The van der Waals surface area contributed by atoms with Gasteiger partial charge in [0, 0.05) is 43.4 Å². The number of hydrogen-bond donors (Lipinski definition) is 2. The molecule has 0 spiro atoms. The van der Waals surface area contributed by atoms with Gasteiger partial charge >= 0.3 is 6.09 Å². The Morgan fingerprint density at radius 3 is 2.51 bits per heavy atom. The standard InChI is InChI=1S/C37H40FN7O6/c1-21-8-6-7-9-28(21)29(23-10-12-43(13-11-23)35(48)25-17-44(18-25)36(49)51-37(3,4)5)32(50-20-46)22(2)45-34-30(33(39)40-19-41-34)31(42-45)24-14-26(38)16-27(47)15-24/h6-10,14-16,19-20,22,25,47H,11-13,17-18H2,1-5H3,(H2,39,40,41)/b32-29-. The van der Waals surface area contributed by atoms with Crippen LogP contribution in [0, 0.1) is 18.7 Å². The predicted octanol–water partition coefficient (Wildman–Crippen LogP) is 5.40. The van der Waals surface area contributed by atoms with Crippen LogP contribution in [0.15, 0.2) is 66.2 Å². The van der Waals surface area contributed by atoms with Gasteiger partial charge in [-0.2, -0.15) is 5.10 Å². The van der Waals surface area contributed by atoms with Crippen molar-refractivity contribution in [1.82, 2.24) is 29.5 Å². The van der Waals surface area contributed by atoms with E-state index in [2.05, 4.69) is 9.97 Å². The average molecular weight is 698 g/mol. The number of nitrogens with two attached hydrogens (primary N) is 1. The van der Waals surface area contributed by atoms with Gasteiger partial charge < -0.3 is 30.1 Å². The number of carbonyl (C=O) groups excluding carboxylic acids is 3. The fourth-order valence-electron chi connectivity index (χ4n) is 6.49. The third-order valence-electron chi connectivity index (χ3n) is 8.98. The highest BCUT2D eigenvalue weighted by Gasteiger charge is 2.40. The number of amides is 2. The van der Waals surface area contributed by atoms with Gasteiger partial charge in [-0.15, -0.1) is 0 Å². The Kier molecular flexibility index (Phi) is 9.52. The monoisotopic (exact) mass is 697 g/mol. The predicted molar refractivity (Wildman–Crippen MR) is 187 cm³/mol. The van der Waals surface area contributed by atoms with Crippen molar-refractivity contribution in [1.29, 1.82) is 0 Å². The summed E-state index contributed by atoms with van der Waals surface area (Å²) in [5, 5.41) is 15.3. The number of likely N-dealkylation sites (tertiary alicyclic amines) is 1. The quantitative estimate of drug-likeness (QED) is 0.180. The van der Waals surface area contributed by atoms with Crippen LogP contribution >= 0.6 is 0 Å². The highest BCUT2D eigenvalue weighted by Crippen LogP contribution is 2.40. The van der Waals surface area contributed by atoms with Crippen molar-refractivity contribution >= 4 is 40.9 Å². The van der Waals surface area contributed by atoms with Crippen molar-refractivity contribution < 1.29 is 33.4 Å². The van der Waals surface area contributed by atoms with Crippen LogP contribution in [0.5, 0.6) is 5.75 Å². The molecule has 51 heavy (non-hydrogen) atoms. The smallest absolute Gasteiger partial charge is 0.410 e. The number of anilines is 1. The number of phenolic OH excluding ortho intramolecular Hbond substituents is 1. The van der Waals surface area contributed by atoms with Crippen molar-refractivity contribution in [2.45, 2.75) is 52.7 Å². The van der Waals surface area contributed by atoms with Crippen molar-refractivity contribution in [2.24, 2.45) is 5.92 Å². The van der Waals surface area contributed by atoms with E-state index in [1.807, 2.05) is 37.3 Å². The number of carbonyl (C=O) groups is 3. The van der Waals surface area contributed by atoms with Crippen LogP contribution < -0.4 is 5.73 Å². The Balaban J connectivity index is 1.37. The summed E-state index contributed by atoms with van der Waals surface area (Å²) in [6, 6.07) is 10.5. The number of aromatic nitrogens is 4. The van der Waals surface area contributed by atoms with E-state index in [0.29, 0.717) is 55.7 Å². The molecule has 266 valence electrons. The van der Waals surface area contributed by atoms with E-state index in [-0.39, 0.29) is 40.4 Å². The van der Waals surface area contributed by atoms with Crippen LogP contribution in [0.4, 0.5) is 15.0 Å². The summed E-state index contributed by atoms with van der Waals surface area (Å²) >= 11 is 0. The molecular weight excluding hydrogens is 657 g/mol. The van der Waals surface area contributed by atoms with Crippen LogP contribution in [0.25, 0.3) is 27.9 Å². The lowest BCUT2D eigenvalue weighted by atomic mass is 9.88. The second-order valence-electron chi connectivity index (χ2n) is 13.7. The molecule has 2 aromatic carbocycles. The fourth-order valence-corrected chi connectivity index (χ4v) is 6.49. The topological polar surface area (TPSA) is 166 Å². The lowest BCUT2D eigenvalue weighted by molar-refractivity contribution is -0.140. The summed E-state index contributed by atoms with van der Waals surface area (Å²) in [6.07, 6.45) is 3.26. The van der Waals surface area contributed by atoms with Crippen LogP contribution in [-0.2, 0) is 19.1 Å². The molecule has 14 heteroatoms. The van der Waals surface area contributed by atoms with Gasteiger partial charge in [0.15, 0.2) is 5.65 Å². The summed E-state index contributed by atoms with van der Waals surface area (Å²) in [5.41, 5.74) is 9.75. The molecule has 0 saturated carbocycles. The van der Waals surface area contributed by atoms with Crippen molar-refractivity contribution in [3.05, 3.63) is 83.1 Å². The molecule has 3 N–H and O–H groups in total. The molecule has 1 fully saturated rings. The van der Waals surface area contributed by atoms with E-state index in [1.165, 1.54) is 28.0 Å². The van der Waals surface area contributed by atoms with Crippen LogP contribution in [0.2, 0.25) is 0 Å². The Bertz CT molecular complexity index is 2060. The number of ether oxygens (including phenoxy) is 2. The lowest BCUT2D eigenvalue weighted by Gasteiger charge is -2.41. The van der Waals surface area contributed by atoms with Gasteiger partial charge in [0.2, 0.25) is 5.91 Å². The molecule has 6 rings (SSSR count). The average Bonchev–Trinajstić information content (AvgIpc) is 3.44. The van der Waals surface area contributed by atoms with E-state index in [1.54, 1.807) is 32.6 Å². The number of halogens is 1. The maximum Gasteiger partial charge on any atom is 0.410 e. The molecule has 4 aromatic rings. The van der Waals surface area contributed by atoms with Crippen LogP contribution in [0.1, 0.15) is 51.3 Å². The Morgan fingerprint density at radius 1 is 1.12 bits per heavy atom. The normalized spacial score (nSPS) is 16.2. The molecule has 2 aliphatic rings. The first-order valence-electron chi connectivity index (χ1n) is 16.6. The zero-order chi connectivity index (χ0) is 36.6. The number of fused-ring (bicyclic) bond motifs is 1. The summed E-state index contributed by atoms with van der Waals surface area (Å²) in [5.74, 6) is -0.953. The molecule has 13 nitrogen and oxygen atoms in total. The van der Waals surface area contributed by atoms with E-state index in [4.69, 9.17) is 20.3 Å². The number of aryl methyl sites for hydroxylation is 1. The minimum absolute atomic E-state index is 0.0412. The molecule has 0 radical (unpaired) electrons. The first-order valence-corrected chi connectivity index (χ1v) is 16.6. The van der Waals surface area contributed by atoms with Gasteiger partial charge in [-0.05, 0) is 69.9 Å². The summed E-state index contributed by atoms with van der Waals surface area (Å²) < 4.78 is 27.2. The second kappa shape index (κ2) is 13.8. The third-order valence-corrected chi connectivity index (χ3v) is 8.98. The van der Waals surface area contributed by atoms with Gasteiger partial charge in [0.1, 0.15) is 46.8 Å². The molecular formula is C37H40FN7O6. The molecule has 1 saturated heterocycles. The van der Waals surface area contributed by atoms with E-state index in [9.17, 15) is 23.9 Å². The van der Waals surface area contributed by atoms with Gasteiger partial charge in [-0.25, -0.2) is 23.8 Å². The third kappa shape index (κ3) is 7.12. The highest BCUT2D eigenvalue weighted by molar-refractivity contribution is 5.98. The largest absolute Gasteiger partial charge is 0.508 e. The second-order valence-corrected chi connectivity index (χ2v) is 13.7. The Hall–Kier alpha value is -5.79. The van der Waals surface area contributed by atoms with E-state index >= 15 is 0 Å². The molecule has 1 unspecified atom stereocenters. The molecule has 2 aliphatic heterocycles. The Morgan fingerprint density at radius 2 is 1.86 bits per heavy atom. The number of benzene rings is 2. The van der Waals surface area contributed by atoms with Crippen molar-refractivity contribution in [3.63, 3.8) is 0 Å². The van der Waals surface area contributed by atoms with E-state index in [0.717, 1.165) is 22.8 Å². The molecule has 1 atom stereocenters. The number of phenols is 1. The van der Waals surface area contributed by atoms with Crippen molar-refractivity contribution in [2.75, 3.05) is 31.9 Å². The first-order chi connectivity index (χ1) is 24.3. The summed E-state index contributed by atoms with van der Waals surface area (Å²) in [7, 11) is 0. The van der Waals surface area contributed by atoms with Gasteiger partial charge in [0.25, 0.3) is 6.47 Å². The number of nitrogens with zero attached hydrogens (tertiary/aromatic N) is 6. The lowest BCUT2D eigenvalue weighted by Crippen LogP contribution is -2.57. The van der Waals surface area contributed by atoms with Gasteiger partial charge in [-0.1, -0.05) is 30.3 Å². The molecule has 2 amide bonds. The summed E-state index contributed by atoms with van der Waals surface area (Å²) in [6.45, 7) is 10.8. The highest BCUT2D eigenvalue weighted by atomic mass is 19.1. The Labute approximate surface area is 294 Å². The summed E-state index contributed by atoms with van der Waals surface area (Å²) in [4.78, 5) is 49.9. The molecule has 0 aliphatic carbocycles. The zero-order valence-corrected chi connectivity index (χ0v) is 29.1. The van der Waals surface area contributed by atoms with Gasteiger partial charge in [-0.3, -0.25) is 9.59 Å². The minimum Gasteiger partial charge on any atom is -0.508 e. The number of nitrogen functional groups attached to an aromatic ring is 1. The number of rotatable bonds is 8. The molecule has 0 bridgehead atoms. The van der Waals surface area contributed by atoms with Gasteiger partial charge in [0.05, 0.1) is 11.3 Å². The first kappa shape index (κ1) is 35.1.